The maximum atomic E-state index is 12.5. The Kier molecular flexibility index (Phi) is 4.18. The second-order valence-electron chi connectivity index (χ2n) is 5.27. The molecule has 1 aliphatic rings. The summed E-state index contributed by atoms with van der Waals surface area (Å²) in [6, 6.07) is 12.7. The largest absolute Gasteiger partial charge is 0.508 e. The molecule has 0 fully saturated rings. The van der Waals surface area contributed by atoms with Crippen LogP contribution in [0.15, 0.2) is 59.2 Å². The minimum absolute atomic E-state index is 0.0958. The number of amides is 2. The van der Waals surface area contributed by atoms with Gasteiger partial charge in [-0.3, -0.25) is 9.59 Å². The standard InChI is InChI=1S/C18H13ClN2O3/c1-11-16(10-12-3-2-4-15(22)9-12)18(24)21(20-11)17(23)13-5-7-14(19)8-6-13/h2-10,22H,1H3/b16-10+. The molecule has 24 heavy (non-hydrogen) atoms. The predicted molar refractivity (Wildman–Crippen MR) is 91.8 cm³/mol. The number of hydrogen-bond acceptors (Lipinski definition) is 4. The van der Waals surface area contributed by atoms with Gasteiger partial charge in [-0.25, -0.2) is 0 Å². The van der Waals surface area contributed by atoms with Crippen LogP contribution >= 0.6 is 11.6 Å². The highest BCUT2D eigenvalue weighted by molar-refractivity contribution is 6.31. The van der Waals surface area contributed by atoms with E-state index in [4.69, 9.17) is 11.6 Å². The van der Waals surface area contributed by atoms with Gasteiger partial charge < -0.3 is 5.11 Å². The summed E-state index contributed by atoms with van der Waals surface area (Å²) in [5.74, 6) is -0.926. The average molecular weight is 341 g/mol. The lowest BCUT2D eigenvalue weighted by atomic mass is 10.1. The molecule has 0 saturated carbocycles. The van der Waals surface area contributed by atoms with E-state index < -0.39 is 11.8 Å². The van der Waals surface area contributed by atoms with Crippen LogP contribution < -0.4 is 0 Å². The zero-order chi connectivity index (χ0) is 17.3. The Morgan fingerprint density at radius 1 is 1.21 bits per heavy atom. The first-order valence-electron chi connectivity index (χ1n) is 7.16. The number of imide groups is 1. The molecule has 5 nitrogen and oxygen atoms in total. The lowest BCUT2D eigenvalue weighted by Gasteiger charge is -2.09. The summed E-state index contributed by atoms with van der Waals surface area (Å²) in [5, 5.41) is 14.9. The van der Waals surface area contributed by atoms with Gasteiger partial charge in [-0.05, 0) is 55.0 Å². The van der Waals surface area contributed by atoms with Gasteiger partial charge >= 0.3 is 0 Å². The number of nitrogens with zero attached hydrogens (tertiary/aromatic N) is 2. The predicted octanol–water partition coefficient (Wildman–Crippen LogP) is 3.49. The smallest absolute Gasteiger partial charge is 0.283 e. The van der Waals surface area contributed by atoms with Crippen LogP contribution in [0, 0.1) is 0 Å². The van der Waals surface area contributed by atoms with Gasteiger partial charge in [-0.2, -0.15) is 10.1 Å². The summed E-state index contributed by atoms with van der Waals surface area (Å²) in [6.45, 7) is 1.65. The summed E-state index contributed by atoms with van der Waals surface area (Å²) in [7, 11) is 0. The minimum Gasteiger partial charge on any atom is -0.508 e. The quantitative estimate of drug-likeness (QED) is 0.672. The molecule has 0 bridgehead atoms. The van der Waals surface area contributed by atoms with E-state index >= 15 is 0 Å². The van der Waals surface area contributed by atoms with Crippen molar-refractivity contribution in [2.24, 2.45) is 5.10 Å². The number of aromatic hydroxyl groups is 1. The third-order valence-corrected chi connectivity index (χ3v) is 3.78. The Balaban J connectivity index is 1.90. The van der Waals surface area contributed by atoms with Crippen LogP contribution in [0.25, 0.3) is 6.08 Å². The van der Waals surface area contributed by atoms with Crippen LogP contribution in [-0.2, 0) is 4.79 Å². The first-order chi connectivity index (χ1) is 11.5. The first kappa shape index (κ1) is 16.0. The van der Waals surface area contributed by atoms with Crippen LogP contribution in [0.4, 0.5) is 0 Å². The molecule has 0 saturated heterocycles. The van der Waals surface area contributed by atoms with Gasteiger partial charge in [0.25, 0.3) is 11.8 Å². The Hall–Kier alpha value is -2.92. The lowest BCUT2D eigenvalue weighted by molar-refractivity contribution is -0.123. The third kappa shape index (κ3) is 3.07. The van der Waals surface area contributed by atoms with Gasteiger partial charge in [0.1, 0.15) is 5.75 Å². The van der Waals surface area contributed by atoms with E-state index in [0.717, 1.165) is 5.01 Å². The second kappa shape index (κ2) is 6.29. The minimum atomic E-state index is -0.518. The van der Waals surface area contributed by atoms with Crippen LogP contribution in [-0.4, -0.2) is 27.6 Å². The summed E-state index contributed by atoms with van der Waals surface area (Å²) in [5.41, 5.74) is 1.71. The number of carbonyl (C=O) groups is 2. The van der Waals surface area contributed by atoms with Gasteiger partial charge in [0.05, 0.1) is 11.3 Å². The van der Waals surface area contributed by atoms with Crippen molar-refractivity contribution in [3.8, 4) is 5.75 Å². The number of benzene rings is 2. The molecule has 0 radical (unpaired) electrons. The number of phenolic OH excluding ortho intramolecular Hbond substituents is 1. The van der Waals surface area contributed by atoms with Crippen molar-refractivity contribution in [3.63, 3.8) is 0 Å². The third-order valence-electron chi connectivity index (χ3n) is 3.53. The number of rotatable bonds is 2. The summed E-state index contributed by atoms with van der Waals surface area (Å²) in [6.07, 6.45) is 1.59. The highest BCUT2D eigenvalue weighted by Crippen LogP contribution is 2.22. The fraction of sp³-hybridized carbons (Fsp3) is 0.0556. The van der Waals surface area contributed by atoms with Crippen molar-refractivity contribution < 1.29 is 14.7 Å². The summed E-state index contributed by atoms with van der Waals surface area (Å²) in [4.78, 5) is 25.0. The molecule has 2 aromatic carbocycles. The topological polar surface area (TPSA) is 70.0 Å². The first-order valence-corrected chi connectivity index (χ1v) is 7.54. The number of hydrazone groups is 1. The monoisotopic (exact) mass is 340 g/mol. The zero-order valence-electron chi connectivity index (χ0n) is 12.7. The Morgan fingerprint density at radius 2 is 1.92 bits per heavy atom. The molecule has 1 N–H and O–H groups in total. The van der Waals surface area contributed by atoms with Gasteiger partial charge in [-0.15, -0.1) is 0 Å². The SMILES string of the molecule is CC1=NN(C(=O)c2ccc(Cl)cc2)C(=O)/C1=C/c1cccc(O)c1. The molecule has 0 spiro atoms. The van der Waals surface area contributed by atoms with Crippen molar-refractivity contribution in [3.05, 3.63) is 70.3 Å². The van der Waals surface area contributed by atoms with Gasteiger partial charge in [0.15, 0.2) is 0 Å². The lowest BCUT2D eigenvalue weighted by Crippen LogP contribution is -2.29. The van der Waals surface area contributed by atoms with Crippen LogP contribution in [0.2, 0.25) is 5.02 Å². The molecule has 0 aliphatic carbocycles. The van der Waals surface area contributed by atoms with Crippen molar-refractivity contribution in [2.45, 2.75) is 6.92 Å². The van der Waals surface area contributed by atoms with Crippen molar-refractivity contribution in [1.82, 2.24) is 5.01 Å². The fourth-order valence-corrected chi connectivity index (χ4v) is 2.44. The van der Waals surface area contributed by atoms with E-state index in [0.29, 0.717) is 27.4 Å². The number of phenols is 1. The van der Waals surface area contributed by atoms with Crippen LogP contribution in [0.5, 0.6) is 5.75 Å². The van der Waals surface area contributed by atoms with Gasteiger partial charge in [0.2, 0.25) is 0 Å². The molecule has 120 valence electrons. The molecular weight excluding hydrogens is 328 g/mol. The molecule has 2 aromatic rings. The van der Waals surface area contributed by atoms with E-state index in [1.165, 1.54) is 12.1 Å². The van der Waals surface area contributed by atoms with Gasteiger partial charge in [-0.1, -0.05) is 23.7 Å². The number of hydrogen-bond donors (Lipinski definition) is 1. The van der Waals surface area contributed by atoms with E-state index in [1.54, 1.807) is 49.4 Å². The van der Waals surface area contributed by atoms with E-state index in [1.807, 2.05) is 0 Å². The normalized spacial score (nSPS) is 15.8. The molecular formula is C18H13ClN2O3. The van der Waals surface area contributed by atoms with Gasteiger partial charge in [0, 0.05) is 10.6 Å². The molecule has 0 atom stereocenters. The fourth-order valence-electron chi connectivity index (χ4n) is 2.32. The molecule has 0 unspecified atom stereocenters. The number of halogens is 1. The molecule has 1 heterocycles. The molecule has 1 aliphatic heterocycles. The zero-order valence-corrected chi connectivity index (χ0v) is 13.5. The van der Waals surface area contributed by atoms with E-state index in [2.05, 4.69) is 5.10 Å². The van der Waals surface area contributed by atoms with Crippen molar-refractivity contribution in [1.29, 1.82) is 0 Å². The molecule has 3 rings (SSSR count). The molecule has 6 heteroatoms. The summed E-state index contributed by atoms with van der Waals surface area (Å²) >= 11 is 5.81. The second-order valence-corrected chi connectivity index (χ2v) is 5.70. The van der Waals surface area contributed by atoms with Crippen LogP contribution in [0.1, 0.15) is 22.8 Å². The average Bonchev–Trinajstić information content (AvgIpc) is 2.83. The van der Waals surface area contributed by atoms with Crippen molar-refractivity contribution in [2.75, 3.05) is 0 Å². The maximum Gasteiger partial charge on any atom is 0.283 e. The van der Waals surface area contributed by atoms with E-state index in [-0.39, 0.29) is 5.75 Å². The number of carbonyl (C=O) groups excluding carboxylic acids is 2. The maximum absolute atomic E-state index is 12.5. The Morgan fingerprint density at radius 3 is 2.58 bits per heavy atom. The highest BCUT2D eigenvalue weighted by Gasteiger charge is 2.32. The van der Waals surface area contributed by atoms with E-state index in [9.17, 15) is 14.7 Å². The molecule has 2 amide bonds. The summed E-state index contributed by atoms with van der Waals surface area (Å²) < 4.78 is 0. The van der Waals surface area contributed by atoms with Crippen LogP contribution in [0.3, 0.4) is 0 Å². The molecule has 0 aromatic heterocycles. The Labute approximate surface area is 143 Å². The van der Waals surface area contributed by atoms with Crippen molar-refractivity contribution >= 4 is 35.2 Å². The Bertz CT molecular complexity index is 885. The highest BCUT2D eigenvalue weighted by atomic mass is 35.5.